The van der Waals surface area contributed by atoms with Gasteiger partial charge in [-0.1, -0.05) is 16.8 Å². The fourth-order valence-corrected chi connectivity index (χ4v) is 2.86. The molecule has 0 unspecified atom stereocenters. The van der Waals surface area contributed by atoms with E-state index in [1.807, 2.05) is 0 Å². The first-order chi connectivity index (χ1) is 13.9. The molecule has 1 aromatic carbocycles. The van der Waals surface area contributed by atoms with Gasteiger partial charge in [-0.05, 0) is 37.3 Å². The molecular weight excluding hydrogens is 398 g/mol. The van der Waals surface area contributed by atoms with Crippen molar-refractivity contribution in [1.29, 1.82) is 0 Å². The molecule has 2 heterocycles. The van der Waals surface area contributed by atoms with E-state index in [4.69, 9.17) is 25.3 Å². The van der Waals surface area contributed by atoms with Crippen LogP contribution in [0.4, 0.5) is 0 Å². The summed E-state index contributed by atoms with van der Waals surface area (Å²) in [6, 6.07) is 8.66. The number of nitrogens with zero attached hydrogens (tertiary/aromatic N) is 3. The van der Waals surface area contributed by atoms with Gasteiger partial charge in [0.25, 0.3) is 0 Å². The molecule has 1 amide bonds. The van der Waals surface area contributed by atoms with Crippen molar-refractivity contribution in [2.45, 2.75) is 26.3 Å². The van der Waals surface area contributed by atoms with Crippen LogP contribution in [-0.4, -0.2) is 41.1 Å². The number of rotatable bonds is 7. The Morgan fingerprint density at radius 3 is 2.66 bits per heavy atom. The van der Waals surface area contributed by atoms with Crippen LogP contribution in [0.5, 0.6) is 0 Å². The lowest BCUT2D eigenvalue weighted by molar-refractivity contribution is -0.130. The number of amides is 1. The van der Waals surface area contributed by atoms with Crippen LogP contribution in [0.15, 0.2) is 39.3 Å². The third-order valence-corrected chi connectivity index (χ3v) is 4.57. The number of hydrogen-bond donors (Lipinski definition) is 0. The molecule has 2 aromatic heterocycles. The second-order valence-corrected chi connectivity index (χ2v) is 6.88. The predicted molar refractivity (Wildman–Crippen MR) is 104 cm³/mol. The Hall–Kier alpha value is -3.13. The van der Waals surface area contributed by atoms with Crippen LogP contribution in [0.2, 0.25) is 5.02 Å². The van der Waals surface area contributed by atoms with Gasteiger partial charge in [0.05, 0.1) is 13.7 Å². The van der Waals surface area contributed by atoms with Gasteiger partial charge in [0, 0.05) is 30.5 Å². The predicted octanol–water partition coefficient (Wildman–Crippen LogP) is 3.67. The van der Waals surface area contributed by atoms with Crippen LogP contribution >= 0.6 is 11.6 Å². The molecule has 152 valence electrons. The van der Waals surface area contributed by atoms with E-state index in [0.29, 0.717) is 40.2 Å². The highest BCUT2D eigenvalue weighted by atomic mass is 35.5. The first-order valence-electron chi connectivity index (χ1n) is 8.87. The van der Waals surface area contributed by atoms with Crippen LogP contribution in [0.25, 0.3) is 11.4 Å². The number of aryl methyl sites for hydroxylation is 2. The van der Waals surface area contributed by atoms with Gasteiger partial charge in [-0.15, -0.1) is 0 Å². The Balaban J connectivity index is 1.55. The quantitative estimate of drug-likeness (QED) is 0.541. The maximum Gasteiger partial charge on any atom is 0.341 e. The van der Waals surface area contributed by atoms with Crippen LogP contribution in [-0.2, 0) is 22.5 Å². The molecule has 0 atom stereocenters. The standard InChI is InChI=1S/C20H20ClN3O5/c1-12-16(20(26)27-3)10-15(28-12)11-24(2)18(25)9-8-17-22-19(23-29-17)13-4-6-14(21)7-5-13/h4-7,10H,8-9,11H2,1-3H3. The van der Waals surface area contributed by atoms with Crippen molar-refractivity contribution in [2.75, 3.05) is 14.2 Å². The van der Waals surface area contributed by atoms with Gasteiger partial charge >= 0.3 is 5.97 Å². The van der Waals surface area contributed by atoms with Crippen molar-refractivity contribution in [3.05, 3.63) is 58.3 Å². The van der Waals surface area contributed by atoms with Crippen molar-refractivity contribution < 1.29 is 23.3 Å². The van der Waals surface area contributed by atoms with E-state index in [0.717, 1.165) is 5.56 Å². The van der Waals surface area contributed by atoms with Crippen molar-refractivity contribution in [1.82, 2.24) is 15.0 Å². The van der Waals surface area contributed by atoms with Gasteiger partial charge < -0.3 is 18.6 Å². The third-order valence-electron chi connectivity index (χ3n) is 4.32. The van der Waals surface area contributed by atoms with Gasteiger partial charge in [0.15, 0.2) is 0 Å². The zero-order chi connectivity index (χ0) is 21.0. The van der Waals surface area contributed by atoms with E-state index in [-0.39, 0.29) is 18.9 Å². The number of ether oxygens (including phenoxy) is 1. The van der Waals surface area contributed by atoms with E-state index >= 15 is 0 Å². The van der Waals surface area contributed by atoms with Crippen LogP contribution in [0.3, 0.4) is 0 Å². The molecule has 0 aliphatic heterocycles. The number of benzene rings is 1. The normalized spacial score (nSPS) is 10.8. The largest absolute Gasteiger partial charge is 0.465 e. The molecular formula is C20H20ClN3O5. The highest BCUT2D eigenvalue weighted by Crippen LogP contribution is 2.20. The molecule has 8 nitrogen and oxygen atoms in total. The Morgan fingerprint density at radius 2 is 1.97 bits per heavy atom. The van der Waals surface area contributed by atoms with Gasteiger partial charge in [-0.3, -0.25) is 4.79 Å². The molecule has 0 bridgehead atoms. The molecule has 0 aliphatic carbocycles. The molecule has 0 aliphatic rings. The van der Waals surface area contributed by atoms with Crippen LogP contribution in [0, 0.1) is 6.92 Å². The van der Waals surface area contributed by atoms with Crippen molar-refractivity contribution in [2.24, 2.45) is 0 Å². The number of hydrogen-bond acceptors (Lipinski definition) is 7. The lowest BCUT2D eigenvalue weighted by Crippen LogP contribution is -2.26. The SMILES string of the molecule is COC(=O)c1cc(CN(C)C(=O)CCc2nc(-c3ccc(Cl)cc3)no2)oc1C. The lowest BCUT2D eigenvalue weighted by Gasteiger charge is -2.14. The zero-order valence-corrected chi connectivity index (χ0v) is 17.0. The number of carbonyl (C=O) groups is 2. The summed E-state index contributed by atoms with van der Waals surface area (Å²) < 4.78 is 15.5. The molecule has 0 saturated carbocycles. The summed E-state index contributed by atoms with van der Waals surface area (Å²) in [6.07, 6.45) is 0.511. The van der Waals surface area contributed by atoms with E-state index in [2.05, 4.69) is 10.1 Å². The summed E-state index contributed by atoms with van der Waals surface area (Å²) in [5.41, 5.74) is 1.13. The monoisotopic (exact) mass is 417 g/mol. The first-order valence-corrected chi connectivity index (χ1v) is 9.25. The summed E-state index contributed by atoms with van der Waals surface area (Å²) in [6.45, 7) is 1.90. The topological polar surface area (TPSA) is 98.7 Å². The molecule has 3 rings (SSSR count). The van der Waals surface area contributed by atoms with Gasteiger partial charge in [-0.25, -0.2) is 4.79 Å². The van der Waals surface area contributed by atoms with Crippen molar-refractivity contribution >= 4 is 23.5 Å². The number of methoxy groups -OCH3 is 1. The van der Waals surface area contributed by atoms with Gasteiger partial charge in [0.1, 0.15) is 17.1 Å². The maximum atomic E-state index is 12.4. The minimum absolute atomic E-state index is 0.120. The molecule has 9 heteroatoms. The Labute approximate surface area is 172 Å². The minimum Gasteiger partial charge on any atom is -0.465 e. The third kappa shape index (κ3) is 5.03. The highest BCUT2D eigenvalue weighted by molar-refractivity contribution is 6.30. The zero-order valence-electron chi connectivity index (χ0n) is 16.3. The fourth-order valence-electron chi connectivity index (χ4n) is 2.73. The summed E-state index contributed by atoms with van der Waals surface area (Å²) in [7, 11) is 2.96. The molecule has 3 aromatic rings. The van der Waals surface area contributed by atoms with Gasteiger partial charge in [-0.2, -0.15) is 4.98 Å². The molecule has 29 heavy (non-hydrogen) atoms. The second-order valence-electron chi connectivity index (χ2n) is 6.44. The number of esters is 1. The fraction of sp³-hybridized carbons (Fsp3) is 0.300. The summed E-state index contributed by atoms with van der Waals surface area (Å²) in [5, 5.41) is 4.55. The maximum absolute atomic E-state index is 12.4. The van der Waals surface area contributed by atoms with E-state index in [9.17, 15) is 9.59 Å². The number of furan rings is 1. The minimum atomic E-state index is -0.473. The van der Waals surface area contributed by atoms with Crippen LogP contribution < -0.4 is 0 Å². The van der Waals surface area contributed by atoms with E-state index in [1.165, 1.54) is 12.0 Å². The summed E-state index contributed by atoms with van der Waals surface area (Å²) in [5.74, 6) is 1.18. The molecule has 0 spiro atoms. The summed E-state index contributed by atoms with van der Waals surface area (Å²) >= 11 is 5.87. The smallest absolute Gasteiger partial charge is 0.341 e. The Bertz CT molecular complexity index is 1010. The van der Waals surface area contributed by atoms with Crippen molar-refractivity contribution in [3.8, 4) is 11.4 Å². The summed E-state index contributed by atoms with van der Waals surface area (Å²) in [4.78, 5) is 29.9. The number of aromatic nitrogens is 2. The second kappa shape index (κ2) is 8.91. The first kappa shape index (κ1) is 20.6. The molecule has 0 radical (unpaired) electrons. The molecule has 0 N–H and O–H groups in total. The van der Waals surface area contributed by atoms with E-state index < -0.39 is 5.97 Å². The highest BCUT2D eigenvalue weighted by Gasteiger charge is 2.18. The molecule has 0 fully saturated rings. The van der Waals surface area contributed by atoms with Gasteiger partial charge in [0.2, 0.25) is 17.6 Å². The Morgan fingerprint density at radius 1 is 1.24 bits per heavy atom. The lowest BCUT2D eigenvalue weighted by atomic mass is 10.2. The average Bonchev–Trinajstić information content (AvgIpc) is 3.32. The number of carbonyl (C=O) groups excluding carboxylic acids is 2. The van der Waals surface area contributed by atoms with E-state index in [1.54, 1.807) is 44.3 Å². The Kier molecular flexibility index (Phi) is 6.33. The average molecular weight is 418 g/mol. The molecule has 0 saturated heterocycles. The van der Waals surface area contributed by atoms with Crippen LogP contribution in [0.1, 0.15) is 34.2 Å². The van der Waals surface area contributed by atoms with Crippen molar-refractivity contribution in [3.63, 3.8) is 0 Å². The number of halogens is 1.